The number of carbonyl (C=O) groups excluding carboxylic acids is 1. The zero-order chi connectivity index (χ0) is 12.3. The van der Waals surface area contributed by atoms with Gasteiger partial charge in [0.15, 0.2) is 12.1 Å². The molecular weight excluding hydrogens is 216 g/mol. The summed E-state index contributed by atoms with van der Waals surface area (Å²) in [7, 11) is 0. The molecule has 4 nitrogen and oxygen atoms in total. The minimum Gasteiger partial charge on any atom is -0.380 e. The first-order chi connectivity index (χ1) is 8.26. The van der Waals surface area contributed by atoms with E-state index in [-0.39, 0.29) is 0 Å². The summed E-state index contributed by atoms with van der Waals surface area (Å²) in [6.45, 7) is 5.91. The van der Waals surface area contributed by atoms with Crippen LogP contribution in [0.4, 0.5) is 0 Å². The van der Waals surface area contributed by atoms with E-state index >= 15 is 0 Å². The number of fused-ring (bicyclic) bond motifs is 1. The molecule has 0 unspecified atom stereocenters. The second-order valence-corrected chi connectivity index (χ2v) is 3.93. The zero-order valence-corrected chi connectivity index (χ0v) is 10.1. The monoisotopic (exact) mass is 232 g/mol. The van der Waals surface area contributed by atoms with E-state index < -0.39 is 0 Å². The molecular formula is C13H16N2O2. The molecule has 0 spiro atoms. The van der Waals surface area contributed by atoms with E-state index in [1.165, 1.54) is 0 Å². The van der Waals surface area contributed by atoms with Crippen molar-refractivity contribution in [3.05, 3.63) is 29.6 Å². The van der Waals surface area contributed by atoms with E-state index in [4.69, 9.17) is 4.74 Å². The number of ether oxygens (including phenoxy) is 1. The van der Waals surface area contributed by atoms with Gasteiger partial charge < -0.3 is 9.30 Å². The first kappa shape index (κ1) is 11.8. The van der Waals surface area contributed by atoms with Gasteiger partial charge in [-0.05, 0) is 31.5 Å². The van der Waals surface area contributed by atoms with Crippen molar-refractivity contribution in [3.8, 4) is 0 Å². The molecule has 0 atom stereocenters. The normalized spacial score (nSPS) is 10.9. The molecule has 1 aromatic carbocycles. The van der Waals surface area contributed by atoms with Crippen LogP contribution in [0.5, 0.6) is 0 Å². The molecule has 2 rings (SSSR count). The van der Waals surface area contributed by atoms with E-state index in [0.717, 1.165) is 22.9 Å². The van der Waals surface area contributed by atoms with Gasteiger partial charge in [0, 0.05) is 13.2 Å². The van der Waals surface area contributed by atoms with Crippen molar-refractivity contribution in [3.63, 3.8) is 0 Å². The van der Waals surface area contributed by atoms with Gasteiger partial charge in [-0.1, -0.05) is 6.07 Å². The third-order valence-electron chi connectivity index (χ3n) is 2.70. The maximum atomic E-state index is 11.0. The van der Waals surface area contributed by atoms with Crippen LogP contribution < -0.4 is 0 Å². The summed E-state index contributed by atoms with van der Waals surface area (Å²) < 4.78 is 7.23. The highest BCUT2D eigenvalue weighted by Crippen LogP contribution is 2.17. The van der Waals surface area contributed by atoms with Crippen molar-refractivity contribution >= 4 is 17.3 Å². The smallest absolute Gasteiger partial charge is 0.185 e. The number of benzene rings is 1. The number of rotatable bonds is 5. The number of aldehydes is 1. The molecule has 0 aliphatic carbocycles. The van der Waals surface area contributed by atoms with Crippen LogP contribution in [0.1, 0.15) is 23.1 Å². The Bertz CT molecular complexity index is 531. The summed E-state index contributed by atoms with van der Waals surface area (Å²) in [5.74, 6) is 0.463. The van der Waals surface area contributed by atoms with E-state index in [0.29, 0.717) is 25.6 Å². The van der Waals surface area contributed by atoms with Crippen molar-refractivity contribution in [2.75, 3.05) is 13.2 Å². The van der Waals surface area contributed by atoms with Gasteiger partial charge in [-0.3, -0.25) is 4.79 Å². The molecule has 2 aromatic rings. The number of carbonyl (C=O) groups is 1. The van der Waals surface area contributed by atoms with Crippen molar-refractivity contribution in [2.45, 2.75) is 20.4 Å². The van der Waals surface area contributed by atoms with Crippen LogP contribution in [0, 0.1) is 6.92 Å². The number of hydrogen-bond acceptors (Lipinski definition) is 3. The molecule has 1 heterocycles. The largest absolute Gasteiger partial charge is 0.380 e. The Morgan fingerprint density at radius 2 is 2.29 bits per heavy atom. The number of hydrogen-bond donors (Lipinski definition) is 0. The molecule has 0 fully saturated rings. The minimum absolute atomic E-state index is 0.463. The summed E-state index contributed by atoms with van der Waals surface area (Å²) in [6, 6.07) is 5.98. The highest BCUT2D eigenvalue weighted by molar-refractivity contribution is 5.83. The lowest BCUT2D eigenvalue weighted by Crippen LogP contribution is -2.09. The molecule has 17 heavy (non-hydrogen) atoms. The maximum absolute atomic E-state index is 11.0. The fourth-order valence-electron chi connectivity index (χ4n) is 1.88. The lowest BCUT2D eigenvalue weighted by Gasteiger charge is -2.06. The third-order valence-corrected chi connectivity index (χ3v) is 2.70. The quantitative estimate of drug-likeness (QED) is 0.586. The Balaban J connectivity index is 2.41. The van der Waals surface area contributed by atoms with Gasteiger partial charge in [-0.25, -0.2) is 4.98 Å². The Hall–Kier alpha value is -1.68. The lowest BCUT2D eigenvalue weighted by molar-refractivity contribution is 0.110. The zero-order valence-electron chi connectivity index (χ0n) is 10.1. The maximum Gasteiger partial charge on any atom is 0.185 e. The van der Waals surface area contributed by atoms with Crippen LogP contribution >= 0.6 is 0 Å². The SMILES string of the molecule is CCOCCn1c(C=O)nc2ccc(C)cc21. The van der Waals surface area contributed by atoms with E-state index in [1.807, 2.05) is 36.6 Å². The third kappa shape index (κ3) is 2.36. The Labute approximate surface area is 100 Å². The molecule has 4 heteroatoms. The van der Waals surface area contributed by atoms with Crippen molar-refractivity contribution < 1.29 is 9.53 Å². The average molecular weight is 232 g/mol. The van der Waals surface area contributed by atoms with Crippen molar-refractivity contribution in [1.82, 2.24) is 9.55 Å². The van der Waals surface area contributed by atoms with Crippen LogP contribution in [0.2, 0.25) is 0 Å². The van der Waals surface area contributed by atoms with Gasteiger partial charge in [0.25, 0.3) is 0 Å². The molecule has 0 radical (unpaired) electrons. The van der Waals surface area contributed by atoms with Crippen LogP contribution in [-0.4, -0.2) is 29.1 Å². The van der Waals surface area contributed by atoms with Gasteiger partial charge in [-0.15, -0.1) is 0 Å². The van der Waals surface area contributed by atoms with Crippen LogP contribution in [0.25, 0.3) is 11.0 Å². The molecule has 0 aliphatic heterocycles. The molecule has 0 saturated carbocycles. The highest BCUT2D eigenvalue weighted by atomic mass is 16.5. The fourth-order valence-corrected chi connectivity index (χ4v) is 1.88. The fraction of sp³-hybridized carbons (Fsp3) is 0.385. The second-order valence-electron chi connectivity index (χ2n) is 3.93. The van der Waals surface area contributed by atoms with E-state index in [2.05, 4.69) is 4.98 Å². The highest BCUT2D eigenvalue weighted by Gasteiger charge is 2.09. The Morgan fingerprint density at radius 1 is 1.47 bits per heavy atom. The van der Waals surface area contributed by atoms with Gasteiger partial charge in [-0.2, -0.15) is 0 Å². The van der Waals surface area contributed by atoms with Gasteiger partial charge in [0.1, 0.15) is 0 Å². The lowest BCUT2D eigenvalue weighted by atomic mass is 10.2. The van der Waals surface area contributed by atoms with E-state index in [1.54, 1.807) is 0 Å². The number of imidazole rings is 1. The average Bonchev–Trinajstić information content (AvgIpc) is 2.67. The molecule has 0 aliphatic rings. The minimum atomic E-state index is 0.463. The number of nitrogens with zero attached hydrogens (tertiary/aromatic N) is 2. The van der Waals surface area contributed by atoms with Crippen molar-refractivity contribution in [2.24, 2.45) is 0 Å². The second kappa shape index (κ2) is 5.10. The molecule has 90 valence electrons. The number of aromatic nitrogens is 2. The van der Waals surface area contributed by atoms with Gasteiger partial charge >= 0.3 is 0 Å². The van der Waals surface area contributed by atoms with E-state index in [9.17, 15) is 4.79 Å². The molecule has 0 saturated heterocycles. The van der Waals surface area contributed by atoms with Crippen LogP contribution in [0.3, 0.4) is 0 Å². The summed E-state index contributed by atoms with van der Waals surface area (Å²) >= 11 is 0. The first-order valence-electron chi connectivity index (χ1n) is 5.76. The standard InChI is InChI=1S/C13H16N2O2/c1-3-17-7-6-15-12-8-10(2)4-5-11(12)14-13(15)9-16/h4-5,8-9H,3,6-7H2,1-2H3. The molecule has 0 bridgehead atoms. The molecule has 0 N–H and O–H groups in total. The number of aryl methyl sites for hydroxylation is 1. The summed E-state index contributed by atoms with van der Waals surface area (Å²) in [4.78, 5) is 15.3. The topological polar surface area (TPSA) is 44.1 Å². The van der Waals surface area contributed by atoms with Crippen LogP contribution in [0.15, 0.2) is 18.2 Å². The predicted molar refractivity (Wildman–Crippen MR) is 66.4 cm³/mol. The van der Waals surface area contributed by atoms with Gasteiger partial charge in [0.05, 0.1) is 17.6 Å². The molecule has 1 aromatic heterocycles. The molecule has 0 amide bonds. The van der Waals surface area contributed by atoms with Crippen LogP contribution in [-0.2, 0) is 11.3 Å². The summed E-state index contributed by atoms with van der Waals surface area (Å²) in [5, 5.41) is 0. The first-order valence-corrected chi connectivity index (χ1v) is 5.76. The van der Waals surface area contributed by atoms with Gasteiger partial charge in [0.2, 0.25) is 0 Å². The Morgan fingerprint density at radius 3 is 3.00 bits per heavy atom. The Kier molecular flexibility index (Phi) is 3.54. The summed E-state index contributed by atoms with van der Waals surface area (Å²) in [6.07, 6.45) is 0.793. The predicted octanol–water partition coefficient (Wildman–Crippen LogP) is 2.19. The van der Waals surface area contributed by atoms with Crippen molar-refractivity contribution in [1.29, 1.82) is 0 Å². The summed E-state index contributed by atoms with van der Waals surface area (Å²) in [5.41, 5.74) is 3.01.